The van der Waals surface area contributed by atoms with Crippen LogP contribution in [0, 0.1) is 6.92 Å². The van der Waals surface area contributed by atoms with Crippen LogP contribution in [0.25, 0.3) is 0 Å². The number of sulfonamides is 1. The molecule has 0 bridgehead atoms. The van der Waals surface area contributed by atoms with Crippen molar-refractivity contribution < 1.29 is 18.0 Å². The Morgan fingerprint density at radius 1 is 0.925 bits per heavy atom. The number of nitrogens with one attached hydrogen (secondary N) is 1. The summed E-state index contributed by atoms with van der Waals surface area (Å²) >= 11 is 18.9. The summed E-state index contributed by atoms with van der Waals surface area (Å²) in [4.78, 5) is 29.1. The molecule has 2 amide bonds. The van der Waals surface area contributed by atoms with Crippen molar-refractivity contribution in [1.29, 1.82) is 0 Å². The van der Waals surface area contributed by atoms with Gasteiger partial charge in [0.1, 0.15) is 12.6 Å². The van der Waals surface area contributed by atoms with Crippen LogP contribution >= 0.6 is 34.8 Å². The van der Waals surface area contributed by atoms with Gasteiger partial charge in [-0.2, -0.15) is 0 Å². The van der Waals surface area contributed by atoms with Gasteiger partial charge in [0.05, 0.1) is 11.9 Å². The minimum atomic E-state index is -3.91. The summed E-state index contributed by atoms with van der Waals surface area (Å²) in [7, 11) is -3.91. The van der Waals surface area contributed by atoms with Gasteiger partial charge in [0.2, 0.25) is 21.8 Å². The largest absolute Gasteiger partial charge is 0.352 e. The third-order valence-electron chi connectivity index (χ3n) is 6.24. The highest BCUT2D eigenvalue weighted by Gasteiger charge is 2.34. The normalized spacial score (nSPS) is 12.2. The van der Waals surface area contributed by atoms with Crippen molar-refractivity contribution in [3.05, 3.63) is 98.5 Å². The molecular formula is C29H32Cl3N3O4S. The van der Waals surface area contributed by atoms with Crippen molar-refractivity contribution in [2.24, 2.45) is 0 Å². The zero-order valence-electron chi connectivity index (χ0n) is 22.7. The second-order valence-electron chi connectivity index (χ2n) is 9.78. The van der Waals surface area contributed by atoms with Gasteiger partial charge < -0.3 is 10.2 Å². The molecule has 3 rings (SSSR count). The molecule has 0 spiro atoms. The number of nitrogens with zero attached hydrogens (tertiary/aromatic N) is 2. The highest BCUT2D eigenvalue weighted by molar-refractivity contribution is 7.92. The van der Waals surface area contributed by atoms with Gasteiger partial charge in [-0.05, 0) is 61.7 Å². The number of hydrogen-bond acceptors (Lipinski definition) is 4. The van der Waals surface area contributed by atoms with Crippen LogP contribution in [0.2, 0.25) is 15.1 Å². The van der Waals surface area contributed by atoms with E-state index >= 15 is 0 Å². The molecule has 0 aliphatic carbocycles. The summed E-state index contributed by atoms with van der Waals surface area (Å²) < 4.78 is 26.9. The Morgan fingerprint density at radius 3 is 2.20 bits per heavy atom. The predicted octanol–water partition coefficient (Wildman–Crippen LogP) is 5.89. The fraction of sp³-hybridized carbons (Fsp3) is 0.310. The first-order valence-corrected chi connectivity index (χ1v) is 15.6. The van der Waals surface area contributed by atoms with E-state index < -0.39 is 28.5 Å². The monoisotopic (exact) mass is 623 g/mol. The lowest BCUT2D eigenvalue weighted by molar-refractivity contribution is -0.140. The van der Waals surface area contributed by atoms with E-state index in [1.807, 2.05) is 44.2 Å². The predicted molar refractivity (Wildman–Crippen MR) is 163 cm³/mol. The first-order valence-electron chi connectivity index (χ1n) is 12.6. The number of anilines is 1. The van der Waals surface area contributed by atoms with E-state index in [1.165, 1.54) is 4.90 Å². The van der Waals surface area contributed by atoms with Crippen LogP contribution in [-0.4, -0.2) is 50.0 Å². The Hall–Kier alpha value is -2.78. The first-order chi connectivity index (χ1) is 18.8. The Balaban J connectivity index is 2.11. The zero-order chi connectivity index (χ0) is 29.6. The van der Waals surface area contributed by atoms with Crippen molar-refractivity contribution in [3.8, 4) is 0 Å². The lowest BCUT2D eigenvalue weighted by atomic mass is 10.0. The molecule has 214 valence electrons. The van der Waals surface area contributed by atoms with Crippen LogP contribution in [-0.2, 0) is 32.6 Å². The molecule has 0 unspecified atom stereocenters. The number of hydrogen-bond donors (Lipinski definition) is 1. The number of carbonyl (C=O) groups excluding carboxylic acids is 2. The van der Waals surface area contributed by atoms with Crippen molar-refractivity contribution >= 4 is 62.3 Å². The van der Waals surface area contributed by atoms with Crippen LogP contribution in [0.1, 0.15) is 30.5 Å². The maximum atomic E-state index is 14.1. The van der Waals surface area contributed by atoms with Gasteiger partial charge in [-0.25, -0.2) is 8.42 Å². The highest BCUT2D eigenvalue weighted by Crippen LogP contribution is 2.29. The third-order valence-corrected chi connectivity index (χ3v) is 8.37. The molecule has 7 nitrogen and oxygen atoms in total. The van der Waals surface area contributed by atoms with Gasteiger partial charge in [-0.3, -0.25) is 13.9 Å². The Bertz CT molecular complexity index is 1470. The molecule has 40 heavy (non-hydrogen) atoms. The lowest BCUT2D eigenvalue weighted by Gasteiger charge is -2.34. The number of amides is 2. The number of benzene rings is 3. The van der Waals surface area contributed by atoms with Crippen molar-refractivity contribution in [2.75, 3.05) is 17.1 Å². The molecule has 11 heteroatoms. The van der Waals surface area contributed by atoms with E-state index in [0.717, 1.165) is 16.1 Å². The van der Waals surface area contributed by atoms with E-state index in [9.17, 15) is 18.0 Å². The first kappa shape index (κ1) is 31.7. The summed E-state index contributed by atoms with van der Waals surface area (Å²) in [6.45, 7) is 4.73. The summed E-state index contributed by atoms with van der Waals surface area (Å²) in [5.74, 6) is -0.960. The molecule has 1 atom stereocenters. The Morgan fingerprint density at radius 2 is 1.60 bits per heavy atom. The van der Waals surface area contributed by atoms with Gasteiger partial charge in [0.25, 0.3) is 0 Å². The van der Waals surface area contributed by atoms with E-state index in [4.69, 9.17) is 34.8 Å². The molecule has 0 aliphatic heterocycles. The van der Waals surface area contributed by atoms with Crippen LogP contribution in [0.15, 0.2) is 66.7 Å². The second-order valence-corrected chi connectivity index (χ2v) is 12.9. The van der Waals surface area contributed by atoms with Gasteiger partial charge in [0.15, 0.2) is 0 Å². The molecule has 0 saturated carbocycles. The summed E-state index contributed by atoms with van der Waals surface area (Å²) in [5.41, 5.74) is 2.17. The smallest absolute Gasteiger partial charge is 0.244 e. The number of carbonyl (C=O) groups is 2. The van der Waals surface area contributed by atoms with Gasteiger partial charge in [0, 0.05) is 34.1 Å². The van der Waals surface area contributed by atoms with Crippen molar-refractivity contribution in [1.82, 2.24) is 10.2 Å². The van der Waals surface area contributed by atoms with Crippen LogP contribution in [0.4, 0.5) is 5.69 Å². The minimum absolute atomic E-state index is 0.0516. The van der Waals surface area contributed by atoms with E-state index in [1.54, 1.807) is 43.3 Å². The third kappa shape index (κ3) is 8.36. The maximum absolute atomic E-state index is 14.1. The average Bonchev–Trinajstić information content (AvgIpc) is 2.87. The standard InChI is InChI=1S/C29H32Cl3N3O4S/c1-19(2)33-29(37)27(15-21-9-6-5-7-10-21)34(17-22-13-14-23(30)16-25(22)32)28(36)18-35(40(4,38)39)26-12-8-11-24(31)20(26)3/h5-14,16,19,27H,15,17-18H2,1-4H3,(H,33,37)/t27-/m0/s1. The Kier molecular flexibility index (Phi) is 10.9. The maximum Gasteiger partial charge on any atom is 0.244 e. The lowest BCUT2D eigenvalue weighted by Crippen LogP contribution is -2.54. The summed E-state index contributed by atoms with van der Waals surface area (Å²) in [6, 6.07) is 17.9. The fourth-order valence-electron chi connectivity index (χ4n) is 4.23. The molecule has 0 radical (unpaired) electrons. The second kappa shape index (κ2) is 13.7. The number of rotatable bonds is 11. The minimum Gasteiger partial charge on any atom is -0.352 e. The fourth-order valence-corrected chi connectivity index (χ4v) is 5.77. The van der Waals surface area contributed by atoms with E-state index in [0.29, 0.717) is 26.2 Å². The van der Waals surface area contributed by atoms with Crippen LogP contribution < -0.4 is 9.62 Å². The van der Waals surface area contributed by atoms with E-state index in [2.05, 4.69) is 5.32 Å². The number of halogens is 3. The molecule has 1 N–H and O–H groups in total. The van der Waals surface area contributed by atoms with Crippen LogP contribution in [0.5, 0.6) is 0 Å². The molecular weight excluding hydrogens is 593 g/mol. The average molecular weight is 625 g/mol. The van der Waals surface area contributed by atoms with Gasteiger partial charge in [-0.15, -0.1) is 0 Å². The quantitative estimate of drug-likeness (QED) is 0.289. The van der Waals surface area contributed by atoms with Gasteiger partial charge >= 0.3 is 0 Å². The summed E-state index contributed by atoms with van der Waals surface area (Å²) in [6.07, 6.45) is 1.22. The SMILES string of the molecule is Cc1c(Cl)cccc1N(CC(=O)N(Cc1ccc(Cl)cc1Cl)[C@@H](Cc1ccccc1)C(=O)NC(C)C)S(C)(=O)=O. The Labute approximate surface area is 251 Å². The van der Waals surface area contributed by atoms with Crippen molar-refractivity contribution in [3.63, 3.8) is 0 Å². The topological polar surface area (TPSA) is 86.8 Å². The van der Waals surface area contributed by atoms with Crippen LogP contribution in [0.3, 0.4) is 0 Å². The van der Waals surface area contributed by atoms with Crippen molar-refractivity contribution in [2.45, 2.75) is 45.8 Å². The molecule has 3 aromatic carbocycles. The molecule has 0 aromatic heterocycles. The molecule has 0 aliphatic rings. The molecule has 0 heterocycles. The highest BCUT2D eigenvalue weighted by atomic mass is 35.5. The molecule has 0 saturated heterocycles. The zero-order valence-corrected chi connectivity index (χ0v) is 25.8. The van der Waals surface area contributed by atoms with Gasteiger partial charge in [-0.1, -0.05) is 77.3 Å². The summed E-state index contributed by atoms with van der Waals surface area (Å²) in [5, 5.41) is 4.01. The molecule has 3 aromatic rings. The van der Waals surface area contributed by atoms with E-state index in [-0.39, 0.29) is 30.6 Å². The molecule has 0 fully saturated rings.